The van der Waals surface area contributed by atoms with E-state index in [0.717, 1.165) is 47.7 Å². The summed E-state index contributed by atoms with van der Waals surface area (Å²) in [5, 5.41) is 2.91. The molecule has 0 aromatic heterocycles. The first-order valence-corrected chi connectivity index (χ1v) is 9.66. The predicted octanol–water partition coefficient (Wildman–Crippen LogP) is 3.62. The number of nitrogens with zero attached hydrogens (tertiary/aromatic N) is 1. The fourth-order valence-corrected chi connectivity index (χ4v) is 3.27. The molecule has 0 unspecified atom stereocenters. The number of methoxy groups -OCH3 is 1. The lowest BCUT2D eigenvalue weighted by molar-refractivity contribution is -0.116. The van der Waals surface area contributed by atoms with Gasteiger partial charge in [0, 0.05) is 41.4 Å². The number of anilines is 1. The number of rotatable bonds is 6. The molecule has 0 aliphatic carbocycles. The first kappa shape index (κ1) is 19.5. The van der Waals surface area contributed by atoms with Gasteiger partial charge in [-0.15, -0.1) is 0 Å². The van der Waals surface area contributed by atoms with Gasteiger partial charge >= 0.3 is 0 Å². The van der Waals surface area contributed by atoms with Gasteiger partial charge in [0.15, 0.2) is 0 Å². The van der Waals surface area contributed by atoms with Gasteiger partial charge in [0.25, 0.3) is 0 Å². The summed E-state index contributed by atoms with van der Waals surface area (Å²) in [5.41, 5.74) is 3.10. The van der Waals surface area contributed by atoms with Crippen LogP contribution in [0.1, 0.15) is 11.1 Å². The van der Waals surface area contributed by atoms with Crippen molar-refractivity contribution >= 4 is 33.6 Å². The van der Waals surface area contributed by atoms with E-state index in [0.29, 0.717) is 6.54 Å². The predicted molar refractivity (Wildman–Crippen MR) is 111 cm³/mol. The van der Waals surface area contributed by atoms with Crippen LogP contribution in [0.25, 0.3) is 6.08 Å². The molecule has 1 saturated heterocycles. The van der Waals surface area contributed by atoms with Crippen molar-refractivity contribution in [3.63, 3.8) is 0 Å². The Morgan fingerprint density at radius 3 is 2.67 bits per heavy atom. The van der Waals surface area contributed by atoms with Crippen LogP contribution in [0.3, 0.4) is 0 Å². The highest BCUT2D eigenvalue weighted by Crippen LogP contribution is 2.24. The molecule has 0 bridgehead atoms. The second-order valence-corrected chi connectivity index (χ2v) is 7.12. The Hall–Kier alpha value is -2.31. The first-order valence-electron chi connectivity index (χ1n) is 8.87. The number of ether oxygens (including phenoxy) is 2. The molecule has 1 fully saturated rings. The molecule has 0 spiro atoms. The third-order valence-electron chi connectivity index (χ3n) is 4.39. The Labute approximate surface area is 168 Å². The van der Waals surface area contributed by atoms with E-state index < -0.39 is 0 Å². The van der Waals surface area contributed by atoms with E-state index in [-0.39, 0.29) is 5.91 Å². The Morgan fingerprint density at radius 2 is 1.96 bits per heavy atom. The fourth-order valence-electron chi connectivity index (χ4n) is 2.90. The SMILES string of the molecule is COc1ccc(Br)cc1/C=C/C(=O)NCc1ccc(N2CCOCC2)cc1. The number of hydrogen-bond donors (Lipinski definition) is 1. The molecule has 0 saturated carbocycles. The second-order valence-electron chi connectivity index (χ2n) is 6.20. The molecule has 142 valence electrons. The standard InChI is InChI=1S/C21H23BrN2O3/c1-26-20-8-5-18(22)14-17(20)4-9-21(25)23-15-16-2-6-19(7-3-16)24-10-12-27-13-11-24/h2-9,14H,10-13,15H2,1H3,(H,23,25)/b9-4+. The number of carbonyl (C=O) groups excluding carboxylic acids is 1. The van der Waals surface area contributed by atoms with Crippen molar-refractivity contribution < 1.29 is 14.3 Å². The lowest BCUT2D eigenvalue weighted by Gasteiger charge is -2.28. The minimum absolute atomic E-state index is 0.144. The highest BCUT2D eigenvalue weighted by Gasteiger charge is 2.10. The van der Waals surface area contributed by atoms with Crippen molar-refractivity contribution in [3.8, 4) is 5.75 Å². The number of amides is 1. The normalized spacial score (nSPS) is 14.4. The van der Waals surface area contributed by atoms with E-state index in [1.54, 1.807) is 13.2 Å². The van der Waals surface area contributed by atoms with Crippen LogP contribution >= 0.6 is 15.9 Å². The van der Waals surface area contributed by atoms with Gasteiger partial charge in [0.05, 0.1) is 20.3 Å². The van der Waals surface area contributed by atoms with Crippen LogP contribution in [-0.2, 0) is 16.1 Å². The zero-order chi connectivity index (χ0) is 19.1. The Kier molecular flexibility index (Phi) is 6.90. The zero-order valence-electron chi connectivity index (χ0n) is 15.3. The van der Waals surface area contributed by atoms with Gasteiger partial charge in [-0.05, 0) is 42.0 Å². The third-order valence-corrected chi connectivity index (χ3v) is 4.88. The number of benzene rings is 2. The van der Waals surface area contributed by atoms with E-state index in [4.69, 9.17) is 9.47 Å². The number of carbonyl (C=O) groups is 1. The van der Waals surface area contributed by atoms with Gasteiger partial charge in [-0.3, -0.25) is 4.79 Å². The highest BCUT2D eigenvalue weighted by atomic mass is 79.9. The van der Waals surface area contributed by atoms with Crippen molar-refractivity contribution in [2.24, 2.45) is 0 Å². The Balaban J connectivity index is 1.54. The van der Waals surface area contributed by atoms with Gasteiger partial charge in [-0.25, -0.2) is 0 Å². The summed E-state index contributed by atoms with van der Waals surface area (Å²) in [5.74, 6) is 0.579. The summed E-state index contributed by atoms with van der Waals surface area (Å²) in [4.78, 5) is 14.4. The van der Waals surface area contributed by atoms with Crippen LogP contribution < -0.4 is 15.0 Å². The van der Waals surface area contributed by atoms with Gasteiger partial charge in [-0.1, -0.05) is 28.1 Å². The van der Waals surface area contributed by atoms with Crippen LogP contribution in [0.4, 0.5) is 5.69 Å². The van der Waals surface area contributed by atoms with Crippen molar-refractivity contribution in [2.75, 3.05) is 38.3 Å². The molecule has 6 heteroatoms. The minimum Gasteiger partial charge on any atom is -0.496 e. The smallest absolute Gasteiger partial charge is 0.244 e. The van der Waals surface area contributed by atoms with Crippen LogP contribution in [0.5, 0.6) is 5.75 Å². The summed E-state index contributed by atoms with van der Waals surface area (Å²) < 4.78 is 11.6. The second kappa shape index (κ2) is 9.58. The summed E-state index contributed by atoms with van der Waals surface area (Å²) in [6.07, 6.45) is 3.27. The molecule has 27 heavy (non-hydrogen) atoms. The van der Waals surface area contributed by atoms with Gasteiger partial charge < -0.3 is 19.7 Å². The Morgan fingerprint density at radius 1 is 1.22 bits per heavy atom. The molecule has 1 aliphatic heterocycles. The zero-order valence-corrected chi connectivity index (χ0v) is 16.9. The molecule has 0 radical (unpaired) electrons. The number of nitrogens with one attached hydrogen (secondary N) is 1. The lowest BCUT2D eigenvalue weighted by atomic mass is 10.1. The van der Waals surface area contributed by atoms with E-state index in [1.165, 1.54) is 11.8 Å². The maximum Gasteiger partial charge on any atom is 0.244 e. The summed E-state index contributed by atoms with van der Waals surface area (Å²) in [6, 6.07) is 13.9. The highest BCUT2D eigenvalue weighted by molar-refractivity contribution is 9.10. The molecule has 1 heterocycles. The number of morpholine rings is 1. The molecule has 0 atom stereocenters. The molecular weight excluding hydrogens is 408 g/mol. The number of halogens is 1. The van der Waals surface area contributed by atoms with Crippen LogP contribution in [0, 0.1) is 0 Å². The van der Waals surface area contributed by atoms with Gasteiger partial charge in [0.1, 0.15) is 5.75 Å². The van der Waals surface area contributed by atoms with Crippen molar-refractivity contribution in [1.82, 2.24) is 5.32 Å². The van der Waals surface area contributed by atoms with Gasteiger partial charge in [-0.2, -0.15) is 0 Å². The first-order chi connectivity index (χ1) is 13.2. The molecule has 1 amide bonds. The molecule has 5 nitrogen and oxygen atoms in total. The largest absolute Gasteiger partial charge is 0.496 e. The van der Waals surface area contributed by atoms with Gasteiger partial charge in [0.2, 0.25) is 5.91 Å². The monoisotopic (exact) mass is 430 g/mol. The molecule has 2 aromatic rings. The molecule has 3 rings (SSSR count). The molecule has 1 N–H and O–H groups in total. The van der Waals surface area contributed by atoms with Crippen LogP contribution in [0.15, 0.2) is 53.0 Å². The van der Waals surface area contributed by atoms with E-state index in [1.807, 2.05) is 30.3 Å². The quantitative estimate of drug-likeness (QED) is 0.710. The van der Waals surface area contributed by atoms with Crippen molar-refractivity contribution in [1.29, 1.82) is 0 Å². The van der Waals surface area contributed by atoms with E-state index in [2.05, 4.69) is 38.3 Å². The summed E-state index contributed by atoms with van der Waals surface area (Å²) in [6.45, 7) is 3.86. The fraction of sp³-hybridized carbons (Fsp3) is 0.286. The van der Waals surface area contributed by atoms with E-state index >= 15 is 0 Å². The average molecular weight is 431 g/mol. The molecule has 1 aliphatic rings. The average Bonchev–Trinajstić information content (AvgIpc) is 2.72. The van der Waals surface area contributed by atoms with Crippen molar-refractivity contribution in [3.05, 3.63) is 64.1 Å². The summed E-state index contributed by atoms with van der Waals surface area (Å²) in [7, 11) is 1.61. The molecule has 2 aromatic carbocycles. The minimum atomic E-state index is -0.144. The van der Waals surface area contributed by atoms with E-state index in [9.17, 15) is 4.79 Å². The topological polar surface area (TPSA) is 50.8 Å². The third kappa shape index (κ3) is 5.58. The molecular formula is C21H23BrN2O3. The lowest BCUT2D eigenvalue weighted by Crippen LogP contribution is -2.36. The van der Waals surface area contributed by atoms with Crippen LogP contribution in [0.2, 0.25) is 0 Å². The maximum atomic E-state index is 12.1. The maximum absolute atomic E-state index is 12.1. The Bertz CT molecular complexity index is 800. The summed E-state index contributed by atoms with van der Waals surface area (Å²) >= 11 is 3.43. The van der Waals surface area contributed by atoms with Crippen molar-refractivity contribution in [2.45, 2.75) is 6.54 Å². The number of hydrogen-bond acceptors (Lipinski definition) is 4. The van der Waals surface area contributed by atoms with Crippen LogP contribution in [-0.4, -0.2) is 39.3 Å².